The van der Waals surface area contributed by atoms with Gasteiger partial charge in [0.15, 0.2) is 6.10 Å². The molecule has 1 heterocycles. The van der Waals surface area contributed by atoms with Gasteiger partial charge in [0.2, 0.25) is 6.29 Å². The van der Waals surface area contributed by atoms with E-state index in [1.54, 1.807) is 12.1 Å². The lowest BCUT2D eigenvalue weighted by Gasteiger charge is -2.38. The Morgan fingerprint density at radius 1 is 1.19 bits per heavy atom. The lowest BCUT2D eigenvalue weighted by molar-refractivity contribution is -0.271. The second-order valence-electron chi connectivity index (χ2n) is 8.21. The van der Waals surface area contributed by atoms with E-state index in [0.717, 1.165) is 0 Å². The van der Waals surface area contributed by atoms with Crippen LogP contribution in [0.3, 0.4) is 0 Å². The van der Waals surface area contributed by atoms with Crippen LogP contribution in [0.4, 0.5) is 5.69 Å². The van der Waals surface area contributed by atoms with Gasteiger partial charge < -0.3 is 44.7 Å². The molecule has 1 aromatic rings. The van der Waals surface area contributed by atoms with Crippen molar-refractivity contribution in [3.05, 3.63) is 23.8 Å². The van der Waals surface area contributed by atoms with Gasteiger partial charge in [-0.15, -0.1) is 0 Å². The molecule has 0 aromatic heterocycles. The maximum absolute atomic E-state index is 11.6. The summed E-state index contributed by atoms with van der Waals surface area (Å²) in [5, 5.41) is 42.2. The summed E-state index contributed by atoms with van der Waals surface area (Å²) < 4.78 is 15.5. The predicted molar refractivity (Wildman–Crippen MR) is 105 cm³/mol. The zero-order valence-corrected chi connectivity index (χ0v) is 17.3. The molecule has 0 aliphatic carbocycles. The van der Waals surface area contributed by atoms with Crippen molar-refractivity contribution in [2.45, 2.75) is 64.1 Å². The van der Waals surface area contributed by atoms with Crippen LogP contribution in [0.1, 0.15) is 26.3 Å². The summed E-state index contributed by atoms with van der Waals surface area (Å²) in [6.07, 6.45) is -8.16. The van der Waals surface area contributed by atoms with E-state index < -0.39 is 48.1 Å². The van der Waals surface area contributed by atoms with Gasteiger partial charge in [-0.1, -0.05) is 26.8 Å². The topological polar surface area (TPSA) is 172 Å². The van der Waals surface area contributed by atoms with Crippen molar-refractivity contribution in [1.29, 1.82) is 0 Å². The van der Waals surface area contributed by atoms with Gasteiger partial charge in [-0.3, -0.25) is 4.79 Å². The average Bonchev–Trinajstić information content (AvgIpc) is 2.70. The number of carboxylic acid groups (broad SMARTS) is 1. The monoisotopic (exact) mass is 441 g/mol. The van der Waals surface area contributed by atoms with Gasteiger partial charge in [-0.05, 0) is 23.1 Å². The van der Waals surface area contributed by atoms with E-state index in [1.807, 2.05) is 20.8 Å². The summed E-state index contributed by atoms with van der Waals surface area (Å²) >= 11 is 0. The standard InChI is InChI=1S/C20H27NO10/c1-20(2,3)13(7-22)21-11-6-10(8-29-9-23)4-5-12(11)30-19-16(26)14(24)15(25)17(31-19)18(27)28/h4-7,9,13-17,19,21,24-26H,8H2,1-3H3,(H,27,28)/t13?,14-,15-,16+,17-,19+/m0/s1. The maximum Gasteiger partial charge on any atom is 0.335 e. The van der Waals surface area contributed by atoms with Crippen molar-refractivity contribution in [2.24, 2.45) is 5.41 Å². The number of nitrogens with one attached hydrogen (secondary N) is 1. The summed E-state index contributed by atoms with van der Waals surface area (Å²) in [6, 6.07) is 3.88. The van der Waals surface area contributed by atoms with E-state index >= 15 is 0 Å². The molecule has 5 N–H and O–H groups in total. The van der Waals surface area contributed by atoms with Crippen molar-refractivity contribution in [3.63, 3.8) is 0 Å². The van der Waals surface area contributed by atoms with Crippen LogP contribution in [0, 0.1) is 5.41 Å². The summed E-state index contributed by atoms with van der Waals surface area (Å²) in [4.78, 5) is 33.4. The molecule has 31 heavy (non-hydrogen) atoms. The molecule has 0 bridgehead atoms. The van der Waals surface area contributed by atoms with Crippen molar-refractivity contribution in [2.75, 3.05) is 5.32 Å². The first-order chi connectivity index (χ1) is 14.5. The number of carbonyl (C=O) groups excluding carboxylic acids is 2. The average molecular weight is 441 g/mol. The van der Waals surface area contributed by atoms with Crippen molar-refractivity contribution in [1.82, 2.24) is 0 Å². The minimum Gasteiger partial charge on any atom is -0.479 e. The van der Waals surface area contributed by atoms with Gasteiger partial charge in [0.25, 0.3) is 6.47 Å². The molecule has 1 aliphatic rings. The molecule has 2 rings (SSSR count). The van der Waals surface area contributed by atoms with E-state index in [2.05, 4.69) is 5.32 Å². The fourth-order valence-corrected chi connectivity index (χ4v) is 2.91. The van der Waals surface area contributed by atoms with Crippen LogP contribution in [-0.4, -0.2) is 75.9 Å². The van der Waals surface area contributed by atoms with Gasteiger partial charge in [0.05, 0.1) is 11.7 Å². The fraction of sp³-hybridized carbons (Fsp3) is 0.550. The molecule has 1 unspecified atom stereocenters. The van der Waals surface area contributed by atoms with E-state index in [9.17, 15) is 34.8 Å². The number of hydrogen-bond acceptors (Lipinski definition) is 10. The number of aldehydes is 1. The van der Waals surface area contributed by atoms with Crippen LogP contribution in [0.15, 0.2) is 18.2 Å². The summed E-state index contributed by atoms with van der Waals surface area (Å²) in [6.45, 7) is 5.74. The number of carbonyl (C=O) groups is 3. The zero-order valence-electron chi connectivity index (χ0n) is 17.3. The number of hydrogen-bond donors (Lipinski definition) is 5. The Hall–Kier alpha value is -2.73. The minimum absolute atomic E-state index is 0.0473. The molecular weight excluding hydrogens is 414 g/mol. The molecule has 172 valence electrons. The van der Waals surface area contributed by atoms with Gasteiger partial charge in [-0.25, -0.2) is 4.79 Å². The number of benzene rings is 1. The van der Waals surface area contributed by atoms with Crippen LogP contribution in [0.25, 0.3) is 0 Å². The Balaban J connectivity index is 2.36. The molecule has 1 fully saturated rings. The predicted octanol–water partition coefficient (Wildman–Crippen LogP) is -0.344. The Morgan fingerprint density at radius 3 is 2.42 bits per heavy atom. The molecule has 11 heteroatoms. The molecule has 0 radical (unpaired) electrons. The second kappa shape index (κ2) is 10.1. The quantitative estimate of drug-likeness (QED) is 0.317. The highest BCUT2D eigenvalue weighted by Crippen LogP contribution is 2.33. The third-order valence-corrected chi connectivity index (χ3v) is 4.80. The fourth-order valence-electron chi connectivity index (χ4n) is 2.91. The number of ether oxygens (including phenoxy) is 3. The van der Waals surface area contributed by atoms with Crippen molar-refractivity contribution in [3.8, 4) is 5.75 Å². The largest absolute Gasteiger partial charge is 0.479 e. The molecule has 11 nitrogen and oxygen atoms in total. The van der Waals surface area contributed by atoms with E-state index in [4.69, 9.17) is 14.2 Å². The first kappa shape index (κ1) is 24.5. The number of aliphatic hydroxyl groups excluding tert-OH is 3. The number of aliphatic carboxylic acids is 1. The highest BCUT2D eigenvalue weighted by atomic mass is 16.7. The molecule has 1 aliphatic heterocycles. The Bertz CT molecular complexity index is 793. The lowest BCUT2D eigenvalue weighted by atomic mass is 9.87. The van der Waals surface area contributed by atoms with Crippen LogP contribution in [-0.2, 0) is 30.5 Å². The number of anilines is 1. The normalized spacial score (nSPS) is 27.1. The van der Waals surface area contributed by atoms with E-state index in [-0.39, 0.29) is 24.5 Å². The summed E-state index contributed by atoms with van der Waals surface area (Å²) in [5.41, 5.74) is 0.357. The molecule has 0 saturated carbocycles. The van der Waals surface area contributed by atoms with Gasteiger partial charge in [0, 0.05) is 0 Å². The Kier molecular flexibility index (Phi) is 7.96. The first-order valence-electron chi connectivity index (χ1n) is 9.48. The summed E-state index contributed by atoms with van der Waals surface area (Å²) in [7, 11) is 0. The second-order valence-corrected chi connectivity index (χ2v) is 8.21. The van der Waals surface area contributed by atoms with Crippen LogP contribution < -0.4 is 10.1 Å². The van der Waals surface area contributed by atoms with Gasteiger partial charge in [-0.2, -0.15) is 0 Å². The Labute approximate surface area is 178 Å². The van der Waals surface area contributed by atoms with E-state index in [0.29, 0.717) is 11.8 Å². The SMILES string of the molecule is CC(C)(C)C(C=O)Nc1cc(COC=O)ccc1O[C@@H]1O[C@H](C(=O)O)[C@@H](O)[C@H](O)[C@H]1O. The molecular formula is C20H27NO10. The minimum atomic E-state index is -1.85. The molecule has 1 saturated heterocycles. The molecule has 0 spiro atoms. The van der Waals surface area contributed by atoms with Gasteiger partial charge in [0.1, 0.15) is 37.0 Å². The number of rotatable bonds is 9. The van der Waals surface area contributed by atoms with Crippen molar-refractivity contribution >= 4 is 24.4 Å². The van der Waals surface area contributed by atoms with Crippen molar-refractivity contribution < 1.29 is 49.0 Å². The molecule has 1 aromatic carbocycles. The number of carboxylic acids is 1. The third-order valence-electron chi connectivity index (χ3n) is 4.80. The van der Waals surface area contributed by atoms with Crippen LogP contribution in [0.5, 0.6) is 5.75 Å². The highest BCUT2D eigenvalue weighted by molar-refractivity contribution is 5.73. The molecule has 6 atom stereocenters. The number of aliphatic hydroxyl groups is 3. The lowest BCUT2D eigenvalue weighted by Crippen LogP contribution is -2.61. The highest BCUT2D eigenvalue weighted by Gasteiger charge is 2.48. The summed E-state index contributed by atoms with van der Waals surface area (Å²) in [5.74, 6) is -1.47. The van der Waals surface area contributed by atoms with Crippen LogP contribution >= 0.6 is 0 Å². The molecule has 0 amide bonds. The smallest absolute Gasteiger partial charge is 0.335 e. The first-order valence-corrected chi connectivity index (χ1v) is 9.48. The van der Waals surface area contributed by atoms with E-state index in [1.165, 1.54) is 6.07 Å². The Morgan fingerprint density at radius 2 is 1.87 bits per heavy atom. The third kappa shape index (κ3) is 5.91. The van der Waals surface area contributed by atoms with Gasteiger partial charge >= 0.3 is 5.97 Å². The maximum atomic E-state index is 11.6. The van der Waals surface area contributed by atoms with Crippen LogP contribution in [0.2, 0.25) is 0 Å². The zero-order chi connectivity index (χ0) is 23.3.